The molecule has 0 aliphatic carbocycles. The zero-order chi connectivity index (χ0) is 16.1. The highest BCUT2D eigenvalue weighted by Gasteiger charge is 2.35. The van der Waals surface area contributed by atoms with Crippen molar-refractivity contribution in [1.82, 2.24) is 9.97 Å². The number of hydrogen-bond donors (Lipinski definition) is 3. The van der Waals surface area contributed by atoms with E-state index in [0.29, 0.717) is 13.0 Å². The largest absolute Gasteiger partial charge is 0.451 e. The van der Waals surface area contributed by atoms with Gasteiger partial charge in [-0.2, -0.15) is 13.2 Å². The lowest BCUT2D eigenvalue weighted by molar-refractivity contribution is -0.144. The molecular weight excluding hydrogens is 285 g/mol. The van der Waals surface area contributed by atoms with E-state index in [2.05, 4.69) is 20.6 Å². The molecule has 0 fully saturated rings. The second kappa shape index (κ2) is 6.93. The standard InChI is InChI=1S/C13H21F3N4O/c1-12(2,5-4-6-21)8-18-10-7-9(17-3)19-11(20-10)13(14,15)16/h7,21H,4-6,8H2,1-3H3,(H2,17,18,19,20). The van der Waals surface area contributed by atoms with E-state index in [0.717, 1.165) is 6.42 Å². The summed E-state index contributed by atoms with van der Waals surface area (Å²) in [6.07, 6.45) is -3.18. The van der Waals surface area contributed by atoms with Gasteiger partial charge in [0, 0.05) is 26.3 Å². The van der Waals surface area contributed by atoms with E-state index in [1.807, 2.05) is 13.8 Å². The molecule has 21 heavy (non-hydrogen) atoms. The number of aliphatic hydroxyl groups is 1. The maximum absolute atomic E-state index is 12.7. The molecular formula is C13H21F3N4O. The summed E-state index contributed by atoms with van der Waals surface area (Å²) in [6, 6.07) is 1.43. The molecule has 8 heteroatoms. The number of alkyl halides is 3. The van der Waals surface area contributed by atoms with E-state index in [1.54, 1.807) is 0 Å². The minimum Gasteiger partial charge on any atom is -0.396 e. The molecule has 1 aromatic rings. The van der Waals surface area contributed by atoms with Gasteiger partial charge in [0.15, 0.2) is 0 Å². The fourth-order valence-corrected chi connectivity index (χ4v) is 1.77. The fourth-order valence-electron chi connectivity index (χ4n) is 1.77. The molecule has 0 aliphatic rings. The van der Waals surface area contributed by atoms with Crippen molar-refractivity contribution in [2.75, 3.05) is 30.8 Å². The van der Waals surface area contributed by atoms with Gasteiger partial charge in [-0.05, 0) is 18.3 Å². The molecule has 0 aromatic carbocycles. The van der Waals surface area contributed by atoms with Crippen LogP contribution in [0.15, 0.2) is 6.07 Å². The van der Waals surface area contributed by atoms with Gasteiger partial charge in [0.2, 0.25) is 5.82 Å². The minimum absolute atomic E-state index is 0.0963. The van der Waals surface area contributed by atoms with Crippen LogP contribution in [0.25, 0.3) is 0 Å². The number of nitrogens with zero attached hydrogens (tertiary/aromatic N) is 2. The summed E-state index contributed by atoms with van der Waals surface area (Å²) >= 11 is 0. The van der Waals surface area contributed by atoms with Gasteiger partial charge < -0.3 is 15.7 Å². The second-order valence-electron chi connectivity index (χ2n) is 5.55. The Bertz CT molecular complexity index is 463. The third-order valence-electron chi connectivity index (χ3n) is 3.00. The van der Waals surface area contributed by atoms with Crippen molar-refractivity contribution in [3.63, 3.8) is 0 Å². The average Bonchev–Trinajstić information content (AvgIpc) is 2.42. The molecule has 0 radical (unpaired) electrons. The van der Waals surface area contributed by atoms with Crippen LogP contribution in [-0.2, 0) is 6.18 Å². The highest BCUT2D eigenvalue weighted by molar-refractivity contribution is 5.47. The van der Waals surface area contributed by atoms with E-state index in [-0.39, 0.29) is 23.7 Å². The van der Waals surface area contributed by atoms with E-state index < -0.39 is 12.0 Å². The molecule has 1 rings (SSSR count). The van der Waals surface area contributed by atoms with Crippen LogP contribution in [0.5, 0.6) is 0 Å². The van der Waals surface area contributed by atoms with E-state index in [4.69, 9.17) is 5.11 Å². The van der Waals surface area contributed by atoms with Crippen LogP contribution in [0.1, 0.15) is 32.5 Å². The summed E-state index contributed by atoms with van der Waals surface area (Å²) in [5, 5.41) is 14.3. The highest BCUT2D eigenvalue weighted by atomic mass is 19.4. The Labute approximate surface area is 122 Å². The first-order valence-electron chi connectivity index (χ1n) is 6.67. The lowest BCUT2D eigenvalue weighted by Gasteiger charge is -2.25. The smallest absolute Gasteiger partial charge is 0.396 e. The summed E-state index contributed by atoms with van der Waals surface area (Å²) in [4.78, 5) is 6.90. The summed E-state index contributed by atoms with van der Waals surface area (Å²) < 4.78 is 38.1. The monoisotopic (exact) mass is 306 g/mol. The highest BCUT2D eigenvalue weighted by Crippen LogP contribution is 2.29. The molecule has 0 bridgehead atoms. The van der Waals surface area contributed by atoms with Gasteiger partial charge in [0.1, 0.15) is 11.6 Å². The summed E-state index contributed by atoms with van der Waals surface area (Å²) in [5.74, 6) is -0.947. The zero-order valence-electron chi connectivity index (χ0n) is 12.4. The summed E-state index contributed by atoms with van der Waals surface area (Å²) in [7, 11) is 1.50. The predicted octanol–water partition coefficient (Wildman–Crippen LogP) is 2.75. The Hall–Kier alpha value is -1.57. The first-order chi connectivity index (χ1) is 9.68. The van der Waals surface area contributed by atoms with E-state index >= 15 is 0 Å². The maximum Gasteiger partial charge on any atom is 0.451 e. The number of hydrogen-bond acceptors (Lipinski definition) is 5. The Kier molecular flexibility index (Phi) is 5.77. The number of anilines is 2. The Morgan fingerprint density at radius 2 is 1.81 bits per heavy atom. The van der Waals surface area contributed by atoms with Crippen LogP contribution in [0, 0.1) is 5.41 Å². The quantitative estimate of drug-likeness (QED) is 0.722. The number of halogens is 3. The number of rotatable bonds is 7. The Morgan fingerprint density at radius 1 is 1.19 bits per heavy atom. The molecule has 0 unspecified atom stereocenters. The molecule has 3 N–H and O–H groups in total. The fraction of sp³-hybridized carbons (Fsp3) is 0.692. The van der Waals surface area contributed by atoms with Gasteiger partial charge in [-0.25, -0.2) is 9.97 Å². The lowest BCUT2D eigenvalue weighted by Crippen LogP contribution is -2.24. The molecule has 1 heterocycles. The van der Waals surface area contributed by atoms with Gasteiger partial charge in [0.25, 0.3) is 0 Å². The molecule has 0 aliphatic heterocycles. The van der Waals surface area contributed by atoms with Crippen LogP contribution in [0.2, 0.25) is 0 Å². The molecule has 0 saturated heterocycles. The van der Waals surface area contributed by atoms with E-state index in [9.17, 15) is 13.2 Å². The Morgan fingerprint density at radius 3 is 2.33 bits per heavy atom. The van der Waals surface area contributed by atoms with Gasteiger partial charge >= 0.3 is 6.18 Å². The van der Waals surface area contributed by atoms with Gasteiger partial charge in [-0.3, -0.25) is 0 Å². The van der Waals surface area contributed by atoms with Gasteiger partial charge in [-0.15, -0.1) is 0 Å². The normalized spacial score (nSPS) is 12.3. The Balaban J connectivity index is 2.83. The first-order valence-corrected chi connectivity index (χ1v) is 6.67. The number of nitrogens with one attached hydrogen (secondary N) is 2. The lowest BCUT2D eigenvalue weighted by atomic mass is 9.88. The molecule has 0 spiro atoms. The average molecular weight is 306 g/mol. The predicted molar refractivity (Wildman–Crippen MR) is 75.2 cm³/mol. The molecule has 1 aromatic heterocycles. The third kappa shape index (κ3) is 5.74. The maximum atomic E-state index is 12.7. The molecule has 0 amide bonds. The van der Waals surface area contributed by atoms with Crippen molar-refractivity contribution in [1.29, 1.82) is 0 Å². The topological polar surface area (TPSA) is 70.1 Å². The molecule has 5 nitrogen and oxygen atoms in total. The summed E-state index contributed by atoms with van der Waals surface area (Å²) in [5.41, 5.74) is -0.161. The van der Waals surface area contributed by atoms with Gasteiger partial charge in [0.05, 0.1) is 0 Å². The van der Waals surface area contributed by atoms with Crippen LogP contribution in [0.3, 0.4) is 0 Å². The number of aliphatic hydroxyl groups excluding tert-OH is 1. The van der Waals surface area contributed by atoms with Crippen LogP contribution in [-0.4, -0.2) is 35.3 Å². The van der Waals surface area contributed by atoms with Crippen molar-refractivity contribution in [3.05, 3.63) is 11.9 Å². The van der Waals surface area contributed by atoms with Crippen molar-refractivity contribution < 1.29 is 18.3 Å². The van der Waals surface area contributed by atoms with Crippen LogP contribution < -0.4 is 10.6 Å². The molecule has 0 saturated carbocycles. The second-order valence-corrected chi connectivity index (χ2v) is 5.55. The van der Waals surface area contributed by atoms with Crippen molar-refractivity contribution in [2.45, 2.75) is 32.9 Å². The van der Waals surface area contributed by atoms with Crippen LogP contribution >= 0.6 is 0 Å². The van der Waals surface area contributed by atoms with Crippen molar-refractivity contribution in [3.8, 4) is 0 Å². The first kappa shape index (κ1) is 17.5. The van der Waals surface area contributed by atoms with Gasteiger partial charge in [-0.1, -0.05) is 13.8 Å². The SMILES string of the molecule is CNc1cc(NCC(C)(C)CCCO)nc(C(F)(F)F)n1. The number of aromatic nitrogens is 2. The van der Waals surface area contributed by atoms with E-state index in [1.165, 1.54) is 13.1 Å². The van der Waals surface area contributed by atoms with Crippen molar-refractivity contribution >= 4 is 11.6 Å². The molecule has 120 valence electrons. The van der Waals surface area contributed by atoms with Crippen LogP contribution in [0.4, 0.5) is 24.8 Å². The minimum atomic E-state index is -4.59. The van der Waals surface area contributed by atoms with Crippen molar-refractivity contribution in [2.24, 2.45) is 5.41 Å². The molecule has 0 atom stereocenters. The third-order valence-corrected chi connectivity index (χ3v) is 3.00. The summed E-state index contributed by atoms with van der Waals surface area (Å²) in [6.45, 7) is 4.49. The zero-order valence-corrected chi connectivity index (χ0v) is 12.4.